The standard InChI is InChI=1S/C28H24FN3O4/c1-2-25-24(19-31(18-23-10-6-16-34-23)27(33)26-11-7-17-35-26)28(36-22-8-4-3-5-9-22)32(30-25)21-14-12-20(29)13-15-21/h3-17H,2,18-19H2,1H3. The fourth-order valence-corrected chi connectivity index (χ4v) is 3.92. The zero-order chi connectivity index (χ0) is 24.9. The summed E-state index contributed by atoms with van der Waals surface area (Å²) in [5, 5.41) is 4.78. The molecule has 0 aliphatic rings. The molecule has 3 heterocycles. The average Bonchev–Trinajstić information content (AvgIpc) is 3.67. The van der Waals surface area contributed by atoms with Crippen molar-refractivity contribution in [2.45, 2.75) is 26.4 Å². The number of carbonyl (C=O) groups is 1. The fourth-order valence-electron chi connectivity index (χ4n) is 3.92. The molecule has 5 rings (SSSR count). The van der Waals surface area contributed by atoms with Crippen molar-refractivity contribution in [3.05, 3.63) is 120 Å². The van der Waals surface area contributed by atoms with Crippen LogP contribution in [0.15, 0.2) is 100 Å². The Kier molecular flexibility index (Phi) is 6.66. The van der Waals surface area contributed by atoms with E-state index in [1.54, 1.807) is 46.2 Å². The molecule has 8 heteroatoms. The Morgan fingerprint density at radius 3 is 2.36 bits per heavy atom. The van der Waals surface area contributed by atoms with Gasteiger partial charge in [0.25, 0.3) is 5.91 Å². The molecule has 0 atom stereocenters. The minimum atomic E-state index is -0.346. The van der Waals surface area contributed by atoms with Gasteiger partial charge in [-0.1, -0.05) is 25.1 Å². The molecule has 0 aliphatic heterocycles. The number of nitrogens with zero attached hydrogens (tertiary/aromatic N) is 3. The summed E-state index contributed by atoms with van der Waals surface area (Å²) in [6.07, 6.45) is 3.63. The van der Waals surface area contributed by atoms with Gasteiger partial charge in [0, 0.05) is 0 Å². The van der Waals surface area contributed by atoms with Crippen molar-refractivity contribution in [1.29, 1.82) is 0 Å². The lowest BCUT2D eigenvalue weighted by Crippen LogP contribution is -2.30. The summed E-state index contributed by atoms with van der Waals surface area (Å²) in [4.78, 5) is 15.0. The van der Waals surface area contributed by atoms with Crippen LogP contribution in [0, 0.1) is 5.82 Å². The summed E-state index contributed by atoms with van der Waals surface area (Å²) >= 11 is 0. The van der Waals surface area contributed by atoms with E-state index in [2.05, 4.69) is 0 Å². The molecule has 0 spiro atoms. The van der Waals surface area contributed by atoms with Gasteiger partial charge in [-0.2, -0.15) is 5.10 Å². The lowest BCUT2D eigenvalue weighted by molar-refractivity contribution is 0.0684. The average molecular weight is 486 g/mol. The quantitative estimate of drug-likeness (QED) is 0.242. The predicted octanol–water partition coefficient (Wildman–Crippen LogP) is 6.39. The highest BCUT2D eigenvalue weighted by molar-refractivity contribution is 5.91. The van der Waals surface area contributed by atoms with Crippen molar-refractivity contribution >= 4 is 5.91 Å². The molecule has 3 aromatic heterocycles. The SMILES string of the molecule is CCc1nn(-c2ccc(F)cc2)c(Oc2ccccc2)c1CN(Cc1ccco1)C(=O)c1ccco1. The third-order valence-electron chi connectivity index (χ3n) is 5.68. The van der Waals surface area contributed by atoms with E-state index in [1.165, 1.54) is 18.4 Å². The summed E-state index contributed by atoms with van der Waals surface area (Å²) in [5.41, 5.74) is 2.12. The van der Waals surface area contributed by atoms with Gasteiger partial charge in [0.2, 0.25) is 5.88 Å². The number of amides is 1. The Hall–Kier alpha value is -4.59. The number of hydrogen-bond donors (Lipinski definition) is 0. The zero-order valence-electron chi connectivity index (χ0n) is 19.6. The second kappa shape index (κ2) is 10.4. The van der Waals surface area contributed by atoms with Crippen LogP contribution in [0.25, 0.3) is 5.69 Å². The number of furan rings is 2. The summed E-state index contributed by atoms with van der Waals surface area (Å²) in [6.45, 7) is 2.40. The third kappa shape index (κ3) is 4.93. The van der Waals surface area contributed by atoms with Crippen molar-refractivity contribution < 1.29 is 22.8 Å². The highest BCUT2D eigenvalue weighted by Crippen LogP contribution is 2.33. The predicted molar refractivity (Wildman–Crippen MR) is 130 cm³/mol. The topological polar surface area (TPSA) is 73.6 Å². The van der Waals surface area contributed by atoms with Gasteiger partial charge in [0.05, 0.1) is 42.6 Å². The Morgan fingerprint density at radius 2 is 1.69 bits per heavy atom. The van der Waals surface area contributed by atoms with Crippen LogP contribution in [0.4, 0.5) is 4.39 Å². The van der Waals surface area contributed by atoms with Crippen molar-refractivity contribution in [3.63, 3.8) is 0 Å². The number of rotatable bonds is 9. The maximum atomic E-state index is 13.7. The minimum absolute atomic E-state index is 0.187. The van der Waals surface area contributed by atoms with Crippen molar-refractivity contribution in [2.24, 2.45) is 0 Å². The first kappa shape index (κ1) is 23.2. The number of halogens is 1. The van der Waals surface area contributed by atoms with Gasteiger partial charge in [0.15, 0.2) is 5.76 Å². The van der Waals surface area contributed by atoms with Crippen LogP contribution in [0.1, 0.15) is 34.5 Å². The number of para-hydroxylation sites is 1. The van der Waals surface area contributed by atoms with Gasteiger partial charge >= 0.3 is 0 Å². The smallest absolute Gasteiger partial charge is 0.290 e. The fraction of sp³-hybridized carbons (Fsp3) is 0.143. The summed E-state index contributed by atoms with van der Waals surface area (Å²) < 4.78 is 32.5. The highest BCUT2D eigenvalue weighted by atomic mass is 19.1. The molecule has 7 nitrogen and oxygen atoms in total. The van der Waals surface area contributed by atoms with E-state index in [0.717, 1.165) is 11.3 Å². The number of carbonyl (C=O) groups excluding carboxylic acids is 1. The number of hydrogen-bond acceptors (Lipinski definition) is 5. The summed E-state index contributed by atoms with van der Waals surface area (Å²) in [7, 11) is 0. The van der Waals surface area contributed by atoms with Crippen molar-refractivity contribution in [3.8, 4) is 17.3 Å². The van der Waals surface area contributed by atoms with E-state index < -0.39 is 0 Å². The van der Waals surface area contributed by atoms with E-state index in [0.29, 0.717) is 29.5 Å². The van der Waals surface area contributed by atoms with E-state index in [9.17, 15) is 9.18 Å². The molecule has 182 valence electrons. The van der Waals surface area contributed by atoms with E-state index in [1.807, 2.05) is 43.3 Å². The Morgan fingerprint density at radius 1 is 0.944 bits per heavy atom. The molecule has 0 saturated carbocycles. The number of benzene rings is 2. The lowest BCUT2D eigenvalue weighted by Gasteiger charge is -2.21. The number of aromatic nitrogens is 2. The van der Waals surface area contributed by atoms with Gasteiger partial charge < -0.3 is 18.5 Å². The molecule has 0 radical (unpaired) electrons. The van der Waals surface area contributed by atoms with E-state index >= 15 is 0 Å². The maximum absolute atomic E-state index is 13.7. The van der Waals surface area contributed by atoms with Crippen LogP contribution < -0.4 is 4.74 Å². The van der Waals surface area contributed by atoms with Crippen LogP contribution in [0.2, 0.25) is 0 Å². The van der Waals surface area contributed by atoms with Crippen LogP contribution in [-0.4, -0.2) is 20.6 Å². The highest BCUT2D eigenvalue weighted by Gasteiger charge is 2.27. The second-order valence-electron chi connectivity index (χ2n) is 8.11. The second-order valence-corrected chi connectivity index (χ2v) is 8.11. The number of aryl methyl sites for hydroxylation is 1. The van der Waals surface area contributed by atoms with Crippen molar-refractivity contribution in [2.75, 3.05) is 0 Å². The van der Waals surface area contributed by atoms with Crippen LogP contribution in [0.3, 0.4) is 0 Å². The van der Waals surface area contributed by atoms with Gasteiger partial charge in [-0.3, -0.25) is 4.79 Å². The van der Waals surface area contributed by atoms with Crippen molar-refractivity contribution in [1.82, 2.24) is 14.7 Å². The van der Waals surface area contributed by atoms with Gasteiger partial charge in [-0.05, 0) is 67.1 Å². The van der Waals surface area contributed by atoms with Crippen LogP contribution in [0.5, 0.6) is 11.6 Å². The zero-order valence-corrected chi connectivity index (χ0v) is 19.6. The molecule has 0 N–H and O–H groups in total. The summed E-state index contributed by atoms with van der Waals surface area (Å²) in [5.74, 6) is 1.26. The first-order chi connectivity index (χ1) is 17.6. The maximum Gasteiger partial charge on any atom is 0.290 e. The monoisotopic (exact) mass is 485 g/mol. The first-order valence-corrected chi connectivity index (χ1v) is 11.6. The molecule has 0 unspecified atom stereocenters. The van der Waals surface area contributed by atoms with Gasteiger partial charge in [-0.25, -0.2) is 9.07 Å². The largest absolute Gasteiger partial charge is 0.467 e. The van der Waals surface area contributed by atoms with Crippen LogP contribution in [-0.2, 0) is 19.5 Å². The number of ether oxygens (including phenoxy) is 1. The molecular weight excluding hydrogens is 461 g/mol. The molecule has 0 saturated heterocycles. The molecule has 0 bridgehead atoms. The molecular formula is C28H24FN3O4. The van der Waals surface area contributed by atoms with E-state index in [-0.39, 0.29) is 30.6 Å². The minimum Gasteiger partial charge on any atom is -0.467 e. The Labute approximate surface area is 207 Å². The molecule has 5 aromatic rings. The molecule has 0 aliphatic carbocycles. The molecule has 2 aromatic carbocycles. The molecule has 0 fully saturated rings. The lowest BCUT2D eigenvalue weighted by atomic mass is 10.1. The Bertz CT molecular complexity index is 1410. The van der Waals surface area contributed by atoms with Crippen LogP contribution >= 0.6 is 0 Å². The Balaban J connectivity index is 1.59. The normalized spacial score (nSPS) is 10.9. The summed E-state index contributed by atoms with van der Waals surface area (Å²) in [6, 6.07) is 22.2. The first-order valence-electron chi connectivity index (χ1n) is 11.6. The van der Waals surface area contributed by atoms with Gasteiger partial charge in [-0.15, -0.1) is 0 Å². The molecule has 36 heavy (non-hydrogen) atoms. The van der Waals surface area contributed by atoms with E-state index in [4.69, 9.17) is 18.7 Å². The third-order valence-corrected chi connectivity index (χ3v) is 5.68. The van der Waals surface area contributed by atoms with Gasteiger partial charge in [0.1, 0.15) is 17.3 Å². The molecule has 1 amide bonds.